The molecule has 1 aliphatic heterocycles. The highest BCUT2D eigenvalue weighted by Crippen LogP contribution is 2.26. The lowest BCUT2D eigenvalue weighted by Gasteiger charge is -2.28. The van der Waals surface area contributed by atoms with Gasteiger partial charge in [-0.2, -0.15) is 0 Å². The van der Waals surface area contributed by atoms with Crippen LogP contribution in [-0.4, -0.2) is 43.3 Å². The molecule has 2 rings (SSSR count). The molecule has 7 heteroatoms. The molecule has 4 nitrogen and oxygen atoms in total. The lowest BCUT2D eigenvalue weighted by molar-refractivity contribution is 0.0694. The van der Waals surface area contributed by atoms with E-state index in [2.05, 4.69) is 0 Å². The average molecular weight is 364 g/mol. The van der Waals surface area contributed by atoms with Crippen LogP contribution in [0.1, 0.15) is 36.5 Å². The number of hydrogen-bond donors (Lipinski definition) is 0. The molecular formula is C15H19Cl2NO3S. The fourth-order valence-corrected chi connectivity index (χ4v) is 4.84. The first kappa shape index (κ1) is 17.6. The van der Waals surface area contributed by atoms with Crippen LogP contribution in [0.25, 0.3) is 0 Å². The number of benzene rings is 1. The lowest BCUT2D eigenvalue weighted by Crippen LogP contribution is -2.41. The zero-order valence-electron chi connectivity index (χ0n) is 12.4. The van der Waals surface area contributed by atoms with E-state index in [1.165, 1.54) is 6.07 Å². The summed E-state index contributed by atoms with van der Waals surface area (Å²) in [4.78, 5) is 14.4. The monoisotopic (exact) mass is 363 g/mol. The fourth-order valence-electron chi connectivity index (χ4n) is 2.62. The average Bonchev–Trinajstić information content (AvgIpc) is 2.79. The van der Waals surface area contributed by atoms with E-state index >= 15 is 0 Å². The molecule has 122 valence electrons. The first-order valence-corrected chi connectivity index (χ1v) is 9.88. The van der Waals surface area contributed by atoms with Crippen molar-refractivity contribution < 1.29 is 13.2 Å². The van der Waals surface area contributed by atoms with E-state index in [9.17, 15) is 13.2 Å². The van der Waals surface area contributed by atoms with Gasteiger partial charge in [-0.05, 0) is 31.0 Å². The molecule has 0 aromatic heterocycles. The number of hydrogen-bond acceptors (Lipinski definition) is 3. The molecule has 1 heterocycles. The second-order valence-corrected chi connectivity index (χ2v) is 8.61. The summed E-state index contributed by atoms with van der Waals surface area (Å²) in [6.07, 6.45) is 2.24. The number of nitrogens with zero attached hydrogens (tertiary/aromatic N) is 1. The molecule has 0 bridgehead atoms. The highest BCUT2D eigenvalue weighted by molar-refractivity contribution is 7.91. The molecular weight excluding hydrogens is 345 g/mol. The van der Waals surface area contributed by atoms with E-state index < -0.39 is 9.84 Å². The normalized spacial score (nSPS) is 20.0. The highest BCUT2D eigenvalue weighted by Gasteiger charge is 2.35. The number of unbranched alkanes of at least 4 members (excludes halogenated alkanes) is 1. The first-order chi connectivity index (χ1) is 10.3. The smallest absolute Gasteiger partial charge is 0.255 e. The van der Waals surface area contributed by atoms with E-state index in [1.807, 2.05) is 6.92 Å². The maximum absolute atomic E-state index is 12.8. The summed E-state index contributed by atoms with van der Waals surface area (Å²) in [7, 11) is -3.05. The van der Waals surface area contributed by atoms with Gasteiger partial charge in [0.2, 0.25) is 0 Å². The van der Waals surface area contributed by atoms with Crippen molar-refractivity contribution in [2.75, 3.05) is 18.1 Å². The van der Waals surface area contributed by atoms with Crippen LogP contribution in [0.15, 0.2) is 18.2 Å². The van der Waals surface area contributed by atoms with E-state index in [1.54, 1.807) is 17.0 Å². The van der Waals surface area contributed by atoms with Gasteiger partial charge in [0.25, 0.3) is 5.91 Å². The third kappa shape index (κ3) is 4.15. The molecule has 1 saturated heterocycles. The Hall–Kier alpha value is -0.780. The molecule has 22 heavy (non-hydrogen) atoms. The van der Waals surface area contributed by atoms with Gasteiger partial charge in [0.05, 0.1) is 22.1 Å². The Kier molecular flexibility index (Phi) is 5.75. The molecule has 1 aliphatic rings. The van der Waals surface area contributed by atoms with Crippen LogP contribution in [0.4, 0.5) is 0 Å². The van der Waals surface area contributed by atoms with Crippen molar-refractivity contribution in [3.8, 4) is 0 Å². The van der Waals surface area contributed by atoms with Crippen LogP contribution in [-0.2, 0) is 9.84 Å². The van der Waals surface area contributed by atoms with Crippen molar-refractivity contribution in [3.05, 3.63) is 33.8 Å². The standard InChI is InChI=1S/C15H19Cl2NO3S/c1-2-3-7-18(12-6-8-22(20,21)10-12)15(19)13-5-4-11(16)9-14(13)17/h4-5,9,12H,2-3,6-8,10H2,1H3/t12-/m0/s1. The molecule has 1 aromatic rings. The molecule has 0 N–H and O–H groups in total. The van der Waals surface area contributed by atoms with Crippen LogP contribution in [0.2, 0.25) is 10.0 Å². The Morgan fingerprint density at radius 1 is 1.36 bits per heavy atom. The predicted molar refractivity (Wildman–Crippen MR) is 89.5 cm³/mol. The second kappa shape index (κ2) is 7.20. The topological polar surface area (TPSA) is 54.5 Å². The maximum atomic E-state index is 12.8. The Morgan fingerprint density at radius 3 is 2.64 bits per heavy atom. The maximum Gasteiger partial charge on any atom is 0.255 e. The summed E-state index contributed by atoms with van der Waals surface area (Å²) in [5.41, 5.74) is 0.367. The van der Waals surface area contributed by atoms with Gasteiger partial charge >= 0.3 is 0 Å². The largest absolute Gasteiger partial charge is 0.335 e. The summed E-state index contributed by atoms with van der Waals surface area (Å²) < 4.78 is 23.4. The third-order valence-corrected chi connectivity index (χ3v) is 6.12. The Labute approximate surface area is 141 Å². The second-order valence-electron chi connectivity index (χ2n) is 5.53. The lowest BCUT2D eigenvalue weighted by atomic mass is 10.1. The summed E-state index contributed by atoms with van der Waals surface area (Å²) in [6.45, 7) is 2.57. The van der Waals surface area contributed by atoms with Gasteiger partial charge in [-0.3, -0.25) is 4.79 Å². The van der Waals surface area contributed by atoms with Crippen LogP contribution in [0.5, 0.6) is 0 Å². The van der Waals surface area contributed by atoms with Crippen molar-refractivity contribution in [1.82, 2.24) is 4.90 Å². The number of carbonyl (C=O) groups excluding carboxylic acids is 1. The fraction of sp³-hybridized carbons (Fsp3) is 0.533. The zero-order valence-corrected chi connectivity index (χ0v) is 14.7. The molecule has 0 unspecified atom stereocenters. The van der Waals surface area contributed by atoms with Crippen molar-refractivity contribution in [3.63, 3.8) is 0 Å². The Balaban J connectivity index is 2.26. The van der Waals surface area contributed by atoms with Gasteiger partial charge in [0, 0.05) is 17.6 Å². The van der Waals surface area contributed by atoms with E-state index in [4.69, 9.17) is 23.2 Å². The molecule has 1 fully saturated rings. The van der Waals surface area contributed by atoms with Crippen molar-refractivity contribution in [1.29, 1.82) is 0 Å². The third-order valence-electron chi connectivity index (χ3n) is 3.82. The van der Waals surface area contributed by atoms with Gasteiger partial charge < -0.3 is 4.90 Å². The molecule has 1 aromatic carbocycles. The predicted octanol–water partition coefficient (Wildman–Crippen LogP) is 3.42. The molecule has 1 amide bonds. The van der Waals surface area contributed by atoms with Crippen LogP contribution in [0, 0.1) is 0 Å². The zero-order chi connectivity index (χ0) is 16.3. The highest BCUT2D eigenvalue weighted by atomic mass is 35.5. The van der Waals surface area contributed by atoms with Crippen molar-refractivity contribution >= 4 is 38.9 Å². The number of halogens is 2. The summed E-state index contributed by atoms with van der Waals surface area (Å²) >= 11 is 12.0. The van der Waals surface area contributed by atoms with Gasteiger partial charge in [0.1, 0.15) is 0 Å². The number of sulfone groups is 1. The minimum atomic E-state index is -3.05. The first-order valence-electron chi connectivity index (χ1n) is 7.30. The van der Waals surface area contributed by atoms with Gasteiger partial charge in [-0.25, -0.2) is 8.42 Å². The number of carbonyl (C=O) groups is 1. The molecule has 0 radical (unpaired) electrons. The number of amides is 1. The summed E-state index contributed by atoms with van der Waals surface area (Å²) in [5, 5.41) is 0.755. The molecule has 1 atom stereocenters. The van der Waals surface area contributed by atoms with Crippen LogP contribution >= 0.6 is 23.2 Å². The minimum absolute atomic E-state index is 0.0354. The van der Waals surface area contributed by atoms with Crippen LogP contribution < -0.4 is 0 Å². The van der Waals surface area contributed by atoms with E-state index in [-0.39, 0.29) is 23.5 Å². The van der Waals surface area contributed by atoms with Crippen molar-refractivity contribution in [2.24, 2.45) is 0 Å². The van der Waals surface area contributed by atoms with Crippen molar-refractivity contribution in [2.45, 2.75) is 32.2 Å². The van der Waals surface area contributed by atoms with Gasteiger partial charge in [-0.1, -0.05) is 36.5 Å². The summed E-state index contributed by atoms with van der Waals surface area (Å²) in [5.74, 6) is -0.0486. The van der Waals surface area contributed by atoms with Gasteiger partial charge in [-0.15, -0.1) is 0 Å². The summed E-state index contributed by atoms with van der Waals surface area (Å²) in [6, 6.07) is 4.47. The minimum Gasteiger partial charge on any atom is -0.335 e. The van der Waals surface area contributed by atoms with E-state index in [0.29, 0.717) is 28.6 Å². The SMILES string of the molecule is CCCCN(C(=O)c1ccc(Cl)cc1Cl)[C@H]1CCS(=O)(=O)C1. The Morgan fingerprint density at radius 2 is 2.09 bits per heavy atom. The van der Waals surface area contributed by atoms with Crippen LogP contribution in [0.3, 0.4) is 0 Å². The quantitative estimate of drug-likeness (QED) is 0.805. The number of rotatable bonds is 5. The van der Waals surface area contributed by atoms with E-state index in [0.717, 1.165) is 12.8 Å². The van der Waals surface area contributed by atoms with Gasteiger partial charge in [0.15, 0.2) is 9.84 Å². The molecule has 0 aliphatic carbocycles. The molecule has 0 spiro atoms. The Bertz CT molecular complexity index is 661. The molecule has 0 saturated carbocycles.